The summed E-state index contributed by atoms with van der Waals surface area (Å²) in [5, 5.41) is 8.36. The largest absolute Gasteiger partial charge is 0.480 e. The van der Waals surface area contributed by atoms with Gasteiger partial charge in [0.05, 0.1) is 0 Å². The topological polar surface area (TPSA) is 63.3 Å². The highest BCUT2D eigenvalue weighted by molar-refractivity contribution is 5.75. The van der Waals surface area contributed by atoms with Crippen molar-refractivity contribution < 1.29 is 9.90 Å². The Balaban J connectivity index is 0. The third-order valence-corrected chi connectivity index (χ3v) is 1.54. The van der Waals surface area contributed by atoms with Gasteiger partial charge in [0.25, 0.3) is 0 Å². The Labute approximate surface area is 77.1 Å². The molecule has 0 aromatic carbocycles. The summed E-state index contributed by atoms with van der Waals surface area (Å²) in [6.45, 7) is 3.76. The number of rotatable bonds is 3. The van der Waals surface area contributed by atoms with E-state index in [1.807, 2.05) is 13.8 Å². The smallest absolute Gasteiger partial charge is 0.320 e. The zero-order valence-corrected chi connectivity index (χ0v) is 7.92. The van der Waals surface area contributed by atoms with Crippen molar-refractivity contribution in [1.82, 2.24) is 0 Å². The fourth-order valence-electron chi connectivity index (χ4n) is 0.497. The highest BCUT2D eigenvalue weighted by Crippen LogP contribution is 2.04. The number of hydrogen-bond acceptors (Lipinski definition) is 2. The first-order valence-electron chi connectivity index (χ1n) is 3.08. The van der Waals surface area contributed by atoms with Crippen molar-refractivity contribution in [2.45, 2.75) is 26.3 Å². The average molecular weight is 155 g/mol. The van der Waals surface area contributed by atoms with Crippen molar-refractivity contribution in [3.63, 3.8) is 0 Å². The van der Waals surface area contributed by atoms with Gasteiger partial charge in [-0.15, -0.1) is 0 Å². The summed E-state index contributed by atoms with van der Waals surface area (Å²) < 4.78 is 0. The van der Waals surface area contributed by atoms with Crippen LogP contribution in [0.1, 0.15) is 20.3 Å². The molecule has 0 saturated heterocycles. The van der Waals surface area contributed by atoms with Gasteiger partial charge in [-0.2, -0.15) is 0 Å². The van der Waals surface area contributed by atoms with Gasteiger partial charge in [0, 0.05) is 23.1 Å². The van der Waals surface area contributed by atoms with E-state index >= 15 is 0 Å². The van der Waals surface area contributed by atoms with Gasteiger partial charge < -0.3 is 10.8 Å². The molecule has 10 heavy (non-hydrogen) atoms. The molecule has 0 amide bonds. The van der Waals surface area contributed by atoms with Crippen molar-refractivity contribution in [1.29, 1.82) is 0 Å². The maximum atomic E-state index is 10.2. The monoisotopic (exact) mass is 155 g/mol. The second-order valence-corrected chi connectivity index (χ2v) is 2.25. The first kappa shape index (κ1) is 12.8. The zero-order chi connectivity index (χ0) is 7.44. The number of carboxylic acid groups (broad SMARTS) is 1. The highest BCUT2D eigenvalue weighted by Gasteiger charge is 2.17. The SMILES string of the molecule is CC[C@H](C)[C@H](N)C(=O)O.[Mg]. The van der Waals surface area contributed by atoms with Crippen LogP contribution in [0.25, 0.3) is 0 Å². The molecular weight excluding hydrogens is 142 g/mol. The standard InChI is InChI=1S/C6H13NO2.Mg/c1-3-4(2)5(7)6(8)9;/h4-5H,3,7H2,1-2H3,(H,8,9);/t4-,5-;/m0./s1. The van der Waals surface area contributed by atoms with E-state index in [9.17, 15) is 4.79 Å². The fraction of sp³-hybridized carbons (Fsp3) is 0.833. The second kappa shape index (κ2) is 5.94. The molecule has 0 aromatic heterocycles. The van der Waals surface area contributed by atoms with E-state index in [4.69, 9.17) is 10.8 Å². The highest BCUT2D eigenvalue weighted by atomic mass is 24.3. The first-order valence-corrected chi connectivity index (χ1v) is 3.08. The van der Waals surface area contributed by atoms with Gasteiger partial charge in [-0.05, 0) is 5.92 Å². The minimum atomic E-state index is -0.913. The van der Waals surface area contributed by atoms with Gasteiger partial charge in [0.1, 0.15) is 6.04 Å². The van der Waals surface area contributed by atoms with Gasteiger partial charge >= 0.3 is 5.97 Å². The molecule has 0 aliphatic rings. The minimum absolute atomic E-state index is 0. The minimum Gasteiger partial charge on any atom is -0.480 e. The van der Waals surface area contributed by atoms with E-state index in [0.717, 1.165) is 6.42 Å². The van der Waals surface area contributed by atoms with Crippen LogP contribution in [-0.4, -0.2) is 40.2 Å². The van der Waals surface area contributed by atoms with E-state index in [0.29, 0.717) is 0 Å². The fourth-order valence-corrected chi connectivity index (χ4v) is 0.497. The van der Waals surface area contributed by atoms with E-state index in [1.54, 1.807) is 0 Å². The molecule has 0 fully saturated rings. The molecule has 0 rings (SSSR count). The Bertz CT molecular complexity index is 108. The van der Waals surface area contributed by atoms with E-state index < -0.39 is 12.0 Å². The Kier molecular flexibility index (Phi) is 7.63. The number of aliphatic carboxylic acids is 1. The summed E-state index contributed by atoms with van der Waals surface area (Å²) in [6.07, 6.45) is 0.813. The second-order valence-electron chi connectivity index (χ2n) is 2.25. The molecule has 56 valence electrons. The van der Waals surface area contributed by atoms with Crippen molar-refractivity contribution >= 4 is 29.0 Å². The molecule has 0 heterocycles. The Morgan fingerprint density at radius 2 is 2.10 bits per heavy atom. The quantitative estimate of drug-likeness (QED) is 0.567. The third kappa shape index (κ3) is 4.08. The maximum absolute atomic E-state index is 10.2. The van der Waals surface area contributed by atoms with Gasteiger partial charge in [0.15, 0.2) is 0 Å². The third-order valence-electron chi connectivity index (χ3n) is 1.54. The van der Waals surface area contributed by atoms with Gasteiger partial charge in [0.2, 0.25) is 0 Å². The lowest BCUT2D eigenvalue weighted by atomic mass is 10.0. The van der Waals surface area contributed by atoms with E-state index in [-0.39, 0.29) is 29.0 Å². The number of nitrogens with two attached hydrogens (primary N) is 1. The number of carbonyl (C=O) groups is 1. The van der Waals surface area contributed by atoms with Crippen LogP contribution in [0, 0.1) is 5.92 Å². The van der Waals surface area contributed by atoms with Crippen LogP contribution in [0.15, 0.2) is 0 Å². The predicted octanol–water partition coefficient (Wildman–Crippen LogP) is 0.0636. The molecule has 0 bridgehead atoms. The summed E-state index contributed by atoms with van der Waals surface area (Å²) in [5.74, 6) is -0.841. The predicted molar refractivity (Wildman–Crippen MR) is 40.8 cm³/mol. The molecule has 4 heteroatoms. The molecule has 0 spiro atoms. The average Bonchev–Trinajstić information content (AvgIpc) is 1.84. The summed E-state index contributed by atoms with van der Waals surface area (Å²) >= 11 is 0. The molecule has 0 saturated carbocycles. The van der Waals surface area contributed by atoms with Gasteiger partial charge in [-0.3, -0.25) is 4.79 Å². The molecular formula is C6H13MgNO2. The summed E-state index contributed by atoms with van der Waals surface area (Å²) in [7, 11) is 0. The Morgan fingerprint density at radius 3 is 2.20 bits per heavy atom. The van der Waals surface area contributed by atoms with Crippen molar-refractivity contribution in [3.8, 4) is 0 Å². The molecule has 2 atom stereocenters. The maximum Gasteiger partial charge on any atom is 0.320 e. The van der Waals surface area contributed by atoms with Crippen molar-refractivity contribution in [2.75, 3.05) is 0 Å². The molecule has 3 nitrogen and oxygen atoms in total. The molecule has 0 aromatic rings. The first-order chi connectivity index (χ1) is 4.09. The van der Waals surface area contributed by atoms with E-state index in [2.05, 4.69) is 0 Å². The van der Waals surface area contributed by atoms with Crippen LogP contribution in [0.4, 0.5) is 0 Å². The molecule has 0 aliphatic heterocycles. The van der Waals surface area contributed by atoms with Crippen LogP contribution in [-0.2, 0) is 4.79 Å². The van der Waals surface area contributed by atoms with Crippen molar-refractivity contribution in [3.05, 3.63) is 0 Å². The molecule has 0 unspecified atom stereocenters. The summed E-state index contributed by atoms with van der Waals surface area (Å²) in [4.78, 5) is 10.2. The van der Waals surface area contributed by atoms with E-state index in [1.165, 1.54) is 0 Å². The lowest BCUT2D eigenvalue weighted by molar-refractivity contribution is -0.139. The molecule has 0 aliphatic carbocycles. The molecule has 2 radical (unpaired) electrons. The normalized spacial score (nSPS) is 15.1. The van der Waals surface area contributed by atoms with Gasteiger partial charge in [-0.25, -0.2) is 0 Å². The van der Waals surface area contributed by atoms with Crippen LogP contribution in [0.3, 0.4) is 0 Å². The lowest BCUT2D eigenvalue weighted by Gasteiger charge is -2.11. The van der Waals surface area contributed by atoms with Gasteiger partial charge in [-0.1, -0.05) is 20.3 Å². The van der Waals surface area contributed by atoms with Crippen LogP contribution < -0.4 is 5.73 Å². The summed E-state index contributed by atoms with van der Waals surface area (Å²) in [6, 6.07) is -0.699. The Hall–Kier alpha value is 0.196. The Morgan fingerprint density at radius 1 is 1.70 bits per heavy atom. The zero-order valence-electron chi connectivity index (χ0n) is 6.50. The number of carboxylic acids is 1. The lowest BCUT2D eigenvalue weighted by Crippen LogP contribution is -2.36. The number of hydrogen-bond donors (Lipinski definition) is 2. The van der Waals surface area contributed by atoms with Crippen molar-refractivity contribution in [2.24, 2.45) is 11.7 Å². The molecule has 3 N–H and O–H groups in total. The van der Waals surface area contributed by atoms with Crippen LogP contribution >= 0.6 is 0 Å². The van der Waals surface area contributed by atoms with Crippen LogP contribution in [0.2, 0.25) is 0 Å². The van der Waals surface area contributed by atoms with Crippen LogP contribution in [0.5, 0.6) is 0 Å². The summed E-state index contributed by atoms with van der Waals surface area (Å²) in [5.41, 5.74) is 5.27.